The summed E-state index contributed by atoms with van der Waals surface area (Å²) in [5.41, 5.74) is 0. The number of hydrogen-bond acceptors (Lipinski definition) is 2. The molecule has 2 atom stereocenters. The molecule has 1 fully saturated rings. The van der Waals surface area contributed by atoms with Crippen molar-refractivity contribution in [1.82, 2.24) is 4.47 Å². The maximum atomic E-state index is 9.67. The minimum Gasteiger partial charge on any atom is -0.292 e. The topological polar surface area (TPSA) is 52.8 Å². The lowest BCUT2D eigenvalue weighted by Gasteiger charge is -1.77. The van der Waals surface area contributed by atoms with Crippen LogP contribution in [0.2, 0.25) is 0 Å². The van der Waals surface area contributed by atoms with E-state index in [1.807, 2.05) is 0 Å². The predicted molar refractivity (Wildman–Crippen MR) is 18.6 cm³/mol. The molecule has 0 spiro atoms. The third kappa shape index (κ3) is 0.749. The highest BCUT2D eigenvalue weighted by Crippen LogP contribution is 2.06. The fourth-order valence-electron chi connectivity index (χ4n) is 0.114. The summed E-state index contributed by atoms with van der Waals surface area (Å²) in [6, 6.07) is 0. The molecule has 0 aromatic carbocycles. The second kappa shape index (κ2) is 1.27. The number of hydroxylamine groups is 1. The Morgan fingerprint density at radius 1 is 2.00 bits per heavy atom. The monoisotopic (exact) mass is 109 g/mol. The number of hydrogen-bond donors (Lipinski definition) is 1. The van der Waals surface area contributed by atoms with Gasteiger partial charge in [0.2, 0.25) is 0 Å². The molecule has 1 aliphatic rings. The van der Waals surface area contributed by atoms with Crippen molar-refractivity contribution < 1.29 is 13.6 Å². The number of nitrogens with zero attached hydrogens (tertiary/aromatic N) is 1. The number of rotatable bonds is 1. The molecule has 0 amide bonds. The zero-order chi connectivity index (χ0) is 4.57. The summed E-state index contributed by atoms with van der Waals surface area (Å²) in [7, 11) is 0. The van der Waals surface area contributed by atoms with Gasteiger partial charge in [-0.3, -0.25) is 9.39 Å². The summed E-state index contributed by atoms with van der Waals surface area (Å²) in [4.78, 5) is 4.25. The van der Waals surface area contributed by atoms with Crippen LogP contribution in [0.5, 0.6) is 0 Å². The molecule has 1 aliphatic heterocycles. The highest BCUT2D eigenvalue weighted by atomic mass is 32.2. The molecule has 1 N–H and O–H groups in total. The Balaban J connectivity index is 2.31. The zero-order valence-corrected chi connectivity index (χ0v) is 3.64. The maximum absolute atomic E-state index is 9.67. The molecule has 0 saturated carbocycles. The van der Waals surface area contributed by atoms with Gasteiger partial charge in [-0.2, -0.15) is 0 Å². The highest BCUT2D eigenvalue weighted by molar-refractivity contribution is 7.76. The van der Waals surface area contributed by atoms with Gasteiger partial charge in [-0.05, 0) is 0 Å². The van der Waals surface area contributed by atoms with Gasteiger partial charge in [-0.1, -0.05) is 4.47 Å². The van der Waals surface area contributed by atoms with Crippen LogP contribution in [-0.2, 0) is 16.1 Å². The van der Waals surface area contributed by atoms with Crippen molar-refractivity contribution in [2.45, 2.75) is 0 Å². The zero-order valence-electron chi connectivity index (χ0n) is 2.83. The van der Waals surface area contributed by atoms with Crippen LogP contribution in [0.25, 0.3) is 0 Å². The summed E-state index contributed by atoms with van der Waals surface area (Å²) in [6.45, 7) is 0.281. The van der Waals surface area contributed by atoms with Gasteiger partial charge in [-0.25, -0.2) is 4.21 Å². The van der Waals surface area contributed by atoms with Gasteiger partial charge >= 0.3 is 0 Å². The van der Waals surface area contributed by atoms with Crippen LogP contribution >= 0.6 is 0 Å². The molecule has 1 saturated heterocycles. The summed E-state index contributed by atoms with van der Waals surface area (Å²) < 4.78 is 18.6. The summed E-state index contributed by atoms with van der Waals surface area (Å²) in [6.07, 6.45) is 0. The molecule has 5 heteroatoms. The Morgan fingerprint density at radius 2 is 2.50 bits per heavy atom. The molecule has 0 aliphatic carbocycles. The Morgan fingerprint density at radius 3 is 2.50 bits per heavy atom. The van der Waals surface area contributed by atoms with Gasteiger partial charge in [0.25, 0.3) is 11.3 Å². The summed E-state index contributed by atoms with van der Waals surface area (Å²) in [5.74, 6) is 0. The molecule has 1 rings (SSSR count). The molecule has 1 heterocycles. The Hall–Kier alpha value is 0.0300. The molecule has 6 heavy (non-hydrogen) atoms. The fraction of sp³-hybridized carbons (Fsp3) is 1.00. The van der Waals surface area contributed by atoms with E-state index >= 15 is 0 Å². The van der Waals surface area contributed by atoms with Gasteiger partial charge in [0, 0.05) is 0 Å². The van der Waals surface area contributed by atoms with Crippen molar-refractivity contribution in [2.24, 2.45) is 0 Å². The Kier molecular flexibility index (Phi) is 0.886. The maximum Gasteiger partial charge on any atom is 0.261 e. The van der Waals surface area contributed by atoms with Crippen molar-refractivity contribution in [3.63, 3.8) is 0 Å². The van der Waals surface area contributed by atoms with E-state index in [1.54, 1.807) is 0 Å². The van der Waals surface area contributed by atoms with Crippen LogP contribution in [0.15, 0.2) is 0 Å². The average molecular weight is 109 g/mol. The molecule has 0 aromatic rings. The first-order chi connectivity index (χ1) is 2.80. The van der Waals surface area contributed by atoms with Crippen LogP contribution in [0.1, 0.15) is 0 Å². The van der Waals surface area contributed by atoms with Crippen LogP contribution in [0.3, 0.4) is 0 Å². The predicted octanol–water partition coefficient (Wildman–Crippen LogP) is -0.672. The SMILES string of the molecule is O=S(O)N1CO1. The van der Waals surface area contributed by atoms with E-state index in [9.17, 15) is 4.21 Å². The largest absolute Gasteiger partial charge is 0.292 e. The summed E-state index contributed by atoms with van der Waals surface area (Å²) in [5, 5.41) is 0. The first-order valence-corrected chi connectivity index (χ1v) is 2.38. The molecule has 36 valence electrons. The van der Waals surface area contributed by atoms with Crippen molar-refractivity contribution in [3.8, 4) is 0 Å². The standard InChI is InChI=1S/CH3NO3S/c3-6(4)2-1-5-2/h1H2,(H,3,4). The van der Waals surface area contributed by atoms with Crippen LogP contribution in [0.4, 0.5) is 0 Å². The van der Waals surface area contributed by atoms with Crippen molar-refractivity contribution in [2.75, 3.05) is 6.73 Å². The quantitative estimate of drug-likeness (QED) is 0.359. The Labute approximate surface area is 37.1 Å². The van der Waals surface area contributed by atoms with Crippen molar-refractivity contribution in [1.29, 1.82) is 0 Å². The third-order valence-corrected chi connectivity index (χ3v) is 0.968. The highest BCUT2D eigenvalue weighted by Gasteiger charge is 2.24. The van der Waals surface area contributed by atoms with Gasteiger partial charge in [0.1, 0.15) is 0 Å². The summed E-state index contributed by atoms with van der Waals surface area (Å²) >= 11 is -1.90. The van der Waals surface area contributed by atoms with Crippen molar-refractivity contribution >= 4 is 11.3 Å². The van der Waals surface area contributed by atoms with Crippen LogP contribution in [0, 0.1) is 0 Å². The van der Waals surface area contributed by atoms with E-state index in [4.69, 9.17) is 4.55 Å². The van der Waals surface area contributed by atoms with E-state index < -0.39 is 11.3 Å². The third-order valence-electron chi connectivity index (χ3n) is 0.409. The molecular formula is CH3NO3S. The second-order valence-electron chi connectivity index (χ2n) is 0.822. The van der Waals surface area contributed by atoms with E-state index in [0.717, 1.165) is 4.47 Å². The molecule has 0 aromatic heterocycles. The van der Waals surface area contributed by atoms with Gasteiger partial charge < -0.3 is 0 Å². The normalized spacial score (nSPS) is 35.8. The lowest BCUT2D eigenvalue weighted by atomic mass is 11.5. The van der Waals surface area contributed by atoms with E-state index in [2.05, 4.69) is 4.84 Å². The molecule has 0 bridgehead atoms. The molecule has 2 unspecified atom stereocenters. The molecular weight excluding hydrogens is 106 g/mol. The van der Waals surface area contributed by atoms with E-state index in [1.165, 1.54) is 0 Å². The first-order valence-electron chi connectivity index (χ1n) is 1.32. The minimum absolute atomic E-state index is 0.281. The van der Waals surface area contributed by atoms with Crippen LogP contribution < -0.4 is 0 Å². The van der Waals surface area contributed by atoms with E-state index in [-0.39, 0.29) is 6.73 Å². The van der Waals surface area contributed by atoms with Gasteiger partial charge in [-0.15, -0.1) is 0 Å². The minimum atomic E-state index is -1.90. The average Bonchev–Trinajstić information content (AvgIpc) is 2.06. The van der Waals surface area contributed by atoms with E-state index in [0.29, 0.717) is 0 Å². The van der Waals surface area contributed by atoms with Gasteiger partial charge in [0.05, 0.1) is 0 Å². The second-order valence-corrected chi connectivity index (χ2v) is 1.69. The molecule has 0 radical (unpaired) electrons. The van der Waals surface area contributed by atoms with Crippen LogP contribution in [-0.4, -0.2) is 20.0 Å². The lowest BCUT2D eigenvalue weighted by Crippen LogP contribution is -1.97. The smallest absolute Gasteiger partial charge is 0.261 e. The molecule has 4 nitrogen and oxygen atoms in total. The fourth-order valence-corrected chi connectivity index (χ4v) is 0.341. The van der Waals surface area contributed by atoms with Crippen molar-refractivity contribution in [3.05, 3.63) is 0 Å². The first kappa shape index (κ1) is 4.20. The van der Waals surface area contributed by atoms with Gasteiger partial charge in [0.15, 0.2) is 6.73 Å². The Bertz CT molecular complexity index is 78.9. The lowest BCUT2D eigenvalue weighted by molar-refractivity contribution is 0.289.